The molecule has 0 N–H and O–H groups in total. The first-order valence-corrected chi connectivity index (χ1v) is 4.31. The molecule has 0 amide bonds. The van der Waals surface area contributed by atoms with Gasteiger partial charge in [-0.05, 0) is 12.2 Å². The van der Waals surface area contributed by atoms with Crippen molar-refractivity contribution < 1.29 is 0 Å². The van der Waals surface area contributed by atoms with Gasteiger partial charge in [-0.1, -0.05) is 13.2 Å². The summed E-state index contributed by atoms with van der Waals surface area (Å²) in [5, 5.41) is 0.903. The average Bonchev–Trinajstić information content (AvgIpc) is 2.48. The van der Waals surface area contributed by atoms with E-state index in [0.717, 1.165) is 15.6 Å². The van der Waals surface area contributed by atoms with Crippen LogP contribution >= 0.6 is 11.3 Å². The predicted molar refractivity (Wildman–Crippen MR) is 55.8 cm³/mol. The molecule has 1 aromatic heterocycles. The Morgan fingerprint density at radius 3 is 2.67 bits per heavy atom. The highest BCUT2D eigenvalue weighted by atomic mass is 32.1. The van der Waals surface area contributed by atoms with Gasteiger partial charge in [-0.3, -0.25) is 4.99 Å². The minimum atomic E-state index is 0.875. The van der Waals surface area contributed by atoms with Gasteiger partial charge in [-0.15, -0.1) is 11.3 Å². The molecule has 0 aliphatic carbocycles. The second-order valence-corrected chi connectivity index (χ2v) is 3.16. The summed E-state index contributed by atoms with van der Waals surface area (Å²) in [6, 6.07) is 0. The molecule has 1 heterocycles. The quantitative estimate of drug-likeness (QED) is 0.653. The van der Waals surface area contributed by atoms with Crippen LogP contribution in [0.3, 0.4) is 0 Å². The van der Waals surface area contributed by atoms with Crippen molar-refractivity contribution in [3.8, 4) is 0 Å². The van der Waals surface area contributed by atoms with Crippen LogP contribution in [0.4, 0.5) is 0 Å². The molecule has 0 radical (unpaired) electrons. The Morgan fingerprint density at radius 2 is 2.17 bits per heavy atom. The van der Waals surface area contributed by atoms with Crippen LogP contribution in [0.25, 0.3) is 12.2 Å². The lowest BCUT2D eigenvalue weighted by Gasteiger charge is -1.83. The highest BCUT2D eigenvalue weighted by Crippen LogP contribution is 2.18. The molecule has 2 nitrogen and oxygen atoms in total. The molecule has 12 heavy (non-hydrogen) atoms. The van der Waals surface area contributed by atoms with Crippen LogP contribution in [0, 0.1) is 0 Å². The zero-order valence-corrected chi connectivity index (χ0v) is 7.77. The highest BCUT2D eigenvalue weighted by molar-refractivity contribution is 7.14. The minimum Gasteiger partial charge on any atom is -0.295 e. The molecule has 0 spiro atoms. The van der Waals surface area contributed by atoms with Crippen LogP contribution < -0.4 is 0 Å². The van der Waals surface area contributed by atoms with Gasteiger partial charge in [-0.2, -0.15) is 0 Å². The van der Waals surface area contributed by atoms with E-state index in [4.69, 9.17) is 0 Å². The number of aromatic nitrogens is 1. The third-order valence-electron chi connectivity index (χ3n) is 1.31. The van der Waals surface area contributed by atoms with E-state index in [0.29, 0.717) is 0 Å². The maximum Gasteiger partial charge on any atom is 0.116 e. The van der Waals surface area contributed by atoms with Gasteiger partial charge >= 0.3 is 0 Å². The molecule has 0 unspecified atom stereocenters. The van der Waals surface area contributed by atoms with Gasteiger partial charge in [-0.25, -0.2) is 4.98 Å². The Hall–Kier alpha value is -1.22. The molecule has 0 aliphatic rings. The van der Waals surface area contributed by atoms with Crippen molar-refractivity contribution in [1.82, 2.24) is 4.98 Å². The van der Waals surface area contributed by atoms with Crippen molar-refractivity contribution in [3.63, 3.8) is 0 Å². The molecular formula is C9H10N2S. The molecule has 0 aliphatic heterocycles. The van der Waals surface area contributed by atoms with Crippen LogP contribution in [0.1, 0.15) is 15.6 Å². The van der Waals surface area contributed by atoms with Crippen molar-refractivity contribution in [2.75, 3.05) is 7.05 Å². The van der Waals surface area contributed by atoms with Crippen molar-refractivity contribution in [1.29, 1.82) is 0 Å². The van der Waals surface area contributed by atoms with E-state index in [9.17, 15) is 0 Å². The normalized spacial score (nSPS) is 10.4. The summed E-state index contributed by atoms with van der Waals surface area (Å²) in [6.07, 6.45) is 5.23. The summed E-state index contributed by atoms with van der Waals surface area (Å²) in [6.45, 7) is 7.32. The highest BCUT2D eigenvalue weighted by Gasteiger charge is 2.02. The molecule has 0 aromatic carbocycles. The Balaban J connectivity index is 3.15. The van der Waals surface area contributed by atoms with E-state index in [-0.39, 0.29) is 0 Å². The number of aliphatic imine (C=N–C) groups is 1. The lowest BCUT2D eigenvalue weighted by atomic mass is 10.4. The third kappa shape index (κ3) is 1.68. The Labute approximate surface area is 76.0 Å². The molecule has 0 atom stereocenters. The monoisotopic (exact) mass is 178 g/mol. The van der Waals surface area contributed by atoms with Crippen LogP contribution in [0.15, 0.2) is 18.2 Å². The maximum atomic E-state index is 4.26. The van der Waals surface area contributed by atoms with Crippen LogP contribution in [0.5, 0.6) is 0 Å². The molecule has 0 bridgehead atoms. The van der Waals surface area contributed by atoms with Crippen LogP contribution in [-0.2, 0) is 0 Å². The third-order valence-corrected chi connectivity index (χ3v) is 2.31. The van der Waals surface area contributed by atoms with Gasteiger partial charge < -0.3 is 0 Å². The zero-order chi connectivity index (χ0) is 8.97. The SMILES string of the molecule is C=Cc1nc(C=C)c(C=NC)s1. The Morgan fingerprint density at radius 1 is 1.42 bits per heavy atom. The number of thiazole rings is 1. The van der Waals surface area contributed by atoms with Gasteiger partial charge in [0.1, 0.15) is 5.01 Å². The van der Waals surface area contributed by atoms with Crippen molar-refractivity contribution in [2.24, 2.45) is 4.99 Å². The standard InChI is InChI=1S/C9H10N2S/c1-4-7-8(6-10-3)12-9(5-2)11-7/h4-6H,1-2H2,3H3. The molecule has 62 valence electrons. The predicted octanol–water partition coefficient (Wildman–Crippen LogP) is 2.48. The summed E-state index contributed by atoms with van der Waals surface area (Å²) in [5.41, 5.74) is 0.875. The summed E-state index contributed by atoms with van der Waals surface area (Å²) in [5.74, 6) is 0. The van der Waals surface area contributed by atoms with Crippen molar-refractivity contribution >= 4 is 29.7 Å². The van der Waals surface area contributed by atoms with Crippen LogP contribution in [0.2, 0.25) is 0 Å². The van der Waals surface area contributed by atoms with Gasteiger partial charge in [0.25, 0.3) is 0 Å². The second-order valence-electron chi connectivity index (χ2n) is 2.10. The molecule has 0 saturated carbocycles. The smallest absolute Gasteiger partial charge is 0.116 e. The van der Waals surface area contributed by atoms with Crippen molar-refractivity contribution in [3.05, 3.63) is 28.7 Å². The van der Waals surface area contributed by atoms with E-state index >= 15 is 0 Å². The second kappa shape index (κ2) is 3.97. The van der Waals surface area contributed by atoms with E-state index in [1.54, 1.807) is 36.8 Å². The summed E-state index contributed by atoms with van der Waals surface area (Å²) in [7, 11) is 1.74. The minimum absolute atomic E-state index is 0.875. The Bertz CT molecular complexity index is 323. The van der Waals surface area contributed by atoms with E-state index in [1.165, 1.54) is 0 Å². The number of rotatable bonds is 3. The Kier molecular flexibility index (Phi) is 2.94. The van der Waals surface area contributed by atoms with Crippen LogP contribution in [-0.4, -0.2) is 18.2 Å². The van der Waals surface area contributed by atoms with E-state index in [1.807, 2.05) is 0 Å². The fourth-order valence-corrected chi connectivity index (χ4v) is 1.65. The average molecular weight is 178 g/mol. The van der Waals surface area contributed by atoms with E-state index < -0.39 is 0 Å². The lowest BCUT2D eigenvalue weighted by Crippen LogP contribution is -1.79. The van der Waals surface area contributed by atoms with Crippen molar-refractivity contribution in [2.45, 2.75) is 0 Å². The molecule has 0 saturated heterocycles. The topological polar surface area (TPSA) is 25.2 Å². The van der Waals surface area contributed by atoms with Gasteiger partial charge in [0.2, 0.25) is 0 Å². The number of hydrogen-bond donors (Lipinski definition) is 0. The lowest BCUT2D eigenvalue weighted by molar-refractivity contribution is 1.35. The first-order chi connectivity index (χ1) is 5.81. The molecule has 1 rings (SSSR count). The first kappa shape index (κ1) is 8.87. The summed E-state index contributed by atoms with van der Waals surface area (Å²) < 4.78 is 0. The first-order valence-electron chi connectivity index (χ1n) is 3.49. The number of hydrogen-bond acceptors (Lipinski definition) is 3. The largest absolute Gasteiger partial charge is 0.295 e. The molecular weight excluding hydrogens is 168 g/mol. The fourth-order valence-electron chi connectivity index (χ4n) is 0.805. The number of nitrogens with zero attached hydrogens (tertiary/aromatic N) is 2. The molecule has 1 aromatic rings. The van der Waals surface area contributed by atoms with Gasteiger partial charge in [0.15, 0.2) is 0 Å². The maximum absolute atomic E-state index is 4.26. The molecule has 3 heteroatoms. The van der Waals surface area contributed by atoms with Gasteiger partial charge in [0, 0.05) is 13.3 Å². The summed E-state index contributed by atoms with van der Waals surface area (Å²) in [4.78, 5) is 9.21. The zero-order valence-electron chi connectivity index (χ0n) is 6.95. The van der Waals surface area contributed by atoms with E-state index in [2.05, 4.69) is 23.1 Å². The summed E-state index contributed by atoms with van der Waals surface area (Å²) >= 11 is 1.56. The molecule has 0 fully saturated rings. The van der Waals surface area contributed by atoms with Gasteiger partial charge in [0.05, 0.1) is 10.6 Å². The fraction of sp³-hybridized carbons (Fsp3) is 0.111.